The molecule has 1 aromatic rings. The molecule has 0 amide bonds. The lowest BCUT2D eigenvalue weighted by Gasteiger charge is -2.28. The van der Waals surface area contributed by atoms with Crippen LogP contribution < -0.4 is 16.2 Å². The number of carbonyl (C=O) groups is 1. The summed E-state index contributed by atoms with van der Waals surface area (Å²) in [6.07, 6.45) is 3.23. The van der Waals surface area contributed by atoms with Gasteiger partial charge < -0.3 is 21.3 Å². The van der Waals surface area contributed by atoms with E-state index in [1.165, 1.54) is 0 Å². The zero-order chi connectivity index (χ0) is 14.8. The van der Waals surface area contributed by atoms with Gasteiger partial charge in [0.25, 0.3) is 0 Å². The number of methoxy groups -OCH3 is 1. The summed E-state index contributed by atoms with van der Waals surface area (Å²) in [5.74, 6) is 0.314. The van der Waals surface area contributed by atoms with Gasteiger partial charge in [-0.15, -0.1) is 0 Å². The lowest BCUT2D eigenvalue weighted by atomic mass is 9.77. The molecule has 1 aliphatic rings. The number of hydrogen-bond acceptors (Lipinski definition) is 4. The Balaban J connectivity index is 2.26. The highest BCUT2D eigenvalue weighted by Gasteiger charge is 2.42. The second-order valence-electron chi connectivity index (χ2n) is 5.73. The number of nitrogen functional groups attached to an aromatic ring is 1. The number of carboxylic acid groups (broad SMARTS) is 1. The number of benzene rings is 1. The maximum Gasteiger partial charge on any atom is 0.311 e. The van der Waals surface area contributed by atoms with Crippen LogP contribution in [0, 0.1) is 11.3 Å². The molecule has 1 fully saturated rings. The summed E-state index contributed by atoms with van der Waals surface area (Å²) in [7, 11) is 1.57. The maximum absolute atomic E-state index is 11.7. The summed E-state index contributed by atoms with van der Waals surface area (Å²) in [6.45, 7) is 0.135. The van der Waals surface area contributed by atoms with Gasteiger partial charge in [0.15, 0.2) is 0 Å². The van der Waals surface area contributed by atoms with Crippen LogP contribution in [-0.2, 0) is 11.2 Å². The molecule has 0 saturated heterocycles. The number of nitrogens with two attached hydrogens (primary N) is 2. The van der Waals surface area contributed by atoms with E-state index < -0.39 is 11.4 Å². The van der Waals surface area contributed by atoms with E-state index in [4.69, 9.17) is 16.2 Å². The smallest absolute Gasteiger partial charge is 0.311 e. The topological polar surface area (TPSA) is 98.6 Å². The Morgan fingerprint density at radius 1 is 1.45 bits per heavy atom. The third-order valence-corrected chi connectivity index (χ3v) is 3.99. The Hall–Kier alpha value is -1.75. The van der Waals surface area contributed by atoms with Gasteiger partial charge in [0, 0.05) is 18.3 Å². The van der Waals surface area contributed by atoms with Gasteiger partial charge in [-0.25, -0.2) is 0 Å². The Kier molecular flexibility index (Phi) is 4.18. The van der Waals surface area contributed by atoms with Crippen LogP contribution in [0.4, 0.5) is 5.69 Å². The number of hydrogen-bond donors (Lipinski definition) is 3. The van der Waals surface area contributed by atoms with E-state index >= 15 is 0 Å². The Labute approximate surface area is 118 Å². The van der Waals surface area contributed by atoms with E-state index in [9.17, 15) is 9.90 Å². The van der Waals surface area contributed by atoms with Crippen molar-refractivity contribution in [3.63, 3.8) is 0 Å². The minimum Gasteiger partial charge on any atom is -0.497 e. The fourth-order valence-corrected chi connectivity index (χ4v) is 2.65. The van der Waals surface area contributed by atoms with Gasteiger partial charge in [-0.1, -0.05) is 12.8 Å². The Morgan fingerprint density at radius 2 is 2.15 bits per heavy atom. The van der Waals surface area contributed by atoms with Crippen LogP contribution in [-0.4, -0.2) is 24.7 Å². The van der Waals surface area contributed by atoms with Crippen molar-refractivity contribution in [1.82, 2.24) is 0 Å². The lowest BCUT2D eigenvalue weighted by Crippen LogP contribution is -2.41. The van der Waals surface area contributed by atoms with Crippen molar-refractivity contribution >= 4 is 11.7 Å². The number of ether oxygens (including phenoxy) is 1. The van der Waals surface area contributed by atoms with Gasteiger partial charge in [0.2, 0.25) is 0 Å². The summed E-state index contributed by atoms with van der Waals surface area (Å²) in [5, 5.41) is 9.62. The SMILES string of the molecule is COc1cc(N)cc(CC(CN)(CC2CC2)C(=O)O)c1. The molecule has 0 spiro atoms. The molecule has 0 radical (unpaired) electrons. The van der Waals surface area contributed by atoms with Crippen molar-refractivity contribution in [2.45, 2.75) is 25.7 Å². The second kappa shape index (κ2) is 5.71. The van der Waals surface area contributed by atoms with Crippen molar-refractivity contribution in [3.8, 4) is 5.75 Å². The molecule has 20 heavy (non-hydrogen) atoms. The van der Waals surface area contributed by atoms with Crippen molar-refractivity contribution in [2.75, 3.05) is 19.4 Å². The predicted molar refractivity (Wildman–Crippen MR) is 77.6 cm³/mol. The number of aliphatic carboxylic acids is 1. The first kappa shape index (κ1) is 14.7. The fraction of sp³-hybridized carbons (Fsp3) is 0.533. The highest BCUT2D eigenvalue weighted by molar-refractivity contribution is 5.75. The van der Waals surface area contributed by atoms with Crippen molar-refractivity contribution in [3.05, 3.63) is 23.8 Å². The van der Waals surface area contributed by atoms with Crippen LogP contribution in [0.25, 0.3) is 0 Å². The highest BCUT2D eigenvalue weighted by Crippen LogP contribution is 2.42. The fourth-order valence-electron chi connectivity index (χ4n) is 2.65. The van der Waals surface area contributed by atoms with Crippen LogP contribution >= 0.6 is 0 Å². The summed E-state index contributed by atoms with van der Waals surface area (Å²) in [5.41, 5.74) is 12.1. The molecule has 0 heterocycles. The number of carboxylic acids is 1. The van der Waals surface area contributed by atoms with Crippen molar-refractivity contribution < 1.29 is 14.6 Å². The molecule has 0 bridgehead atoms. The average molecular weight is 278 g/mol. The predicted octanol–water partition coefficient (Wildman–Crippen LogP) is 1.65. The average Bonchev–Trinajstić information content (AvgIpc) is 3.20. The van der Waals surface area contributed by atoms with E-state index in [1.54, 1.807) is 19.2 Å². The molecule has 0 aromatic heterocycles. The molecular formula is C15H22N2O3. The molecule has 2 rings (SSSR count). The molecule has 1 aliphatic carbocycles. The summed E-state index contributed by atoms with van der Waals surface area (Å²) >= 11 is 0. The minimum atomic E-state index is -0.903. The lowest BCUT2D eigenvalue weighted by molar-refractivity contribution is -0.149. The first-order valence-electron chi connectivity index (χ1n) is 6.86. The number of rotatable bonds is 7. The molecule has 1 saturated carbocycles. The second-order valence-corrected chi connectivity index (χ2v) is 5.73. The van der Waals surface area contributed by atoms with E-state index in [0.717, 1.165) is 18.4 Å². The van der Waals surface area contributed by atoms with Gasteiger partial charge >= 0.3 is 5.97 Å². The molecule has 5 heteroatoms. The van der Waals surface area contributed by atoms with Gasteiger partial charge in [0.1, 0.15) is 5.75 Å². The third kappa shape index (κ3) is 3.22. The minimum absolute atomic E-state index is 0.135. The van der Waals surface area contributed by atoms with Crippen LogP contribution in [0.3, 0.4) is 0 Å². The molecule has 5 nitrogen and oxygen atoms in total. The Bertz CT molecular complexity index is 500. The van der Waals surface area contributed by atoms with Gasteiger partial charge in [0.05, 0.1) is 12.5 Å². The third-order valence-electron chi connectivity index (χ3n) is 3.99. The van der Waals surface area contributed by atoms with E-state index in [2.05, 4.69) is 0 Å². The normalized spacial score (nSPS) is 17.5. The molecule has 1 atom stereocenters. The monoisotopic (exact) mass is 278 g/mol. The van der Waals surface area contributed by atoms with E-state index in [1.807, 2.05) is 6.07 Å². The molecule has 110 valence electrons. The van der Waals surface area contributed by atoms with Gasteiger partial charge in [-0.05, 0) is 36.5 Å². The summed E-state index contributed by atoms with van der Waals surface area (Å²) in [4.78, 5) is 11.7. The van der Waals surface area contributed by atoms with E-state index in [-0.39, 0.29) is 6.54 Å². The zero-order valence-corrected chi connectivity index (χ0v) is 11.8. The molecule has 1 aromatic carbocycles. The highest BCUT2D eigenvalue weighted by atomic mass is 16.5. The van der Waals surface area contributed by atoms with Crippen LogP contribution in [0.1, 0.15) is 24.8 Å². The Morgan fingerprint density at radius 3 is 2.65 bits per heavy atom. The van der Waals surface area contributed by atoms with Crippen molar-refractivity contribution in [1.29, 1.82) is 0 Å². The van der Waals surface area contributed by atoms with Gasteiger partial charge in [-0.3, -0.25) is 4.79 Å². The molecule has 5 N–H and O–H groups in total. The maximum atomic E-state index is 11.7. The molecular weight excluding hydrogens is 256 g/mol. The molecule has 0 aliphatic heterocycles. The standard InChI is InChI=1S/C15H22N2O3/c1-20-13-5-11(4-12(17)6-13)8-15(9-16,14(18)19)7-10-2-3-10/h4-6,10H,2-3,7-9,16-17H2,1H3,(H,18,19). The van der Waals surface area contributed by atoms with Crippen LogP contribution in [0.15, 0.2) is 18.2 Å². The van der Waals surface area contributed by atoms with E-state index in [0.29, 0.717) is 30.2 Å². The van der Waals surface area contributed by atoms with Crippen LogP contribution in [0.5, 0.6) is 5.75 Å². The molecule has 1 unspecified atom stereocenters. The summed E-state index contributed by atoms with van der Waals surface area (Å²) < 4.78 is 5.18. The first-order valence-corrected chi connectivity index (χ1v) is 6.86. The largest absolute Gasteiger partial charge is 0.497 e. The summed E-state index contributed by atoms with van der Waals surface area (Å²) in [6, 6.07) is 5.34. The van der Waals surface area contributed by atoms with Crippen molar-refractivity contribution in [2.24, 2.45) is 17.1 Å². The van der Waals surface area contributed by atoms with Crippen LogP contribution in [0.2, 0.25) is 0 Å². The first-order chi connectivity index (χ1) is 9.49. The van der Waals surface area contributed by atoms with Gasteiger partial charge in [-0.2, -0.15) is 0 Å². The zero-order valence-electron chi connectivity index (χ0n) is 11.8. The quantitative estimate of drug-likeness (QED) is 0.659. The number of anilines is 1.